The summed E-state index contributed by atoms with van der Waals surface area (Å²) >= 11 is 0. The van der Waals surface area contributed by atoms with Crippen molar-refractivity contribution in [2.24, 2.45) is 0 Å². The van der Waals surface area contributed by atoms with Crippen LogP contribution in [0.2, 0.25) is 0 Å². The molecule has 1 atom stereocenters. The number of nitrogens with one attached hydrogen (secondary N) is 1. The van der Waals surface area contributed by atoms with Gasteiger partial charge in [0.25, 0.3) is 5.91 Å². The van der Waals surface area contributed by atoms with Crippen LogP contribution in [0, 0.1) is 0 Å². The maximum atomic E-state index is 11.9. The number of rotatable bonds is 6. The molecule has 0 bridgehead atoms. The number of halogens is 3. The zero-order chi connectivity index (χ0) is 15.2. The Morgan fingerprint density at radius 1 is 1.40 bits per heavy atom. The molecule has 1 aromatic rings. The maximum absolute atomic E-state index is 11.9. The first-order chi connectivity index (χ1) is 9.33. The fourth-order valence-electron chi connectivity index (χ4n) is 1.50. The van der Waals surface area contributed by atoms with Crippen LogP contribution in [0.15, 0.2) is 24.3 Å². The van der Waals surface area contributed by atoms with Gasteiger partial charge in [-0.2, -0.15) is 13.2 Å². The number of aliphatic hydroxyl groups excluding tert-OH is 1. The zero-order valence-electron chi connectivity index (χ0n) is 10.9. The Morgan fingerprint density at radius 3 is 2.65 bits per heavy atom. The monoisotopic (exact) mass is 291 g/mol. The SMILES string of the molecule is CC[C@H](O)c1ccccc1OCC(=O)NCC(F)(F)F. The lowest BCUT2D eigenvalue weighted by molar-refractivity contribution is -0.139. The number of carbonyl (C=O) groups is 1. The Balaban J connectivity index is 2.55. The van der Waals surface area contributed by atoms with Gasteiger partial charge in [-0.15, -0.1) is 0 Å². The third-order valence-electron chi connectivity index (χ3n) is 2.51. The highest BCUT2D eigenvalue weighted by molar-refractivity contribution is 5.77. The molecule has 0 heterocycles. The second-order valence-corrected chi connectivity index (χ2v) is 4.14. The molecule has 1 aromatic carbocycles. The van der Waals surface area contributed by atoms with E-state index in [0.717, 1.165) is 0 Å². The van der Waals surface area contributed by atoms with Crippen molar-refractivity contribution in [3.8, 4) is 5.75 Å². The lowest BCUT2D eigenvalue weighted by atomic mass is 10.1. The average Bonchev–Trinajstić information content (AvgIpc) is 2.41. The highest BCUT2D eigenvalue weighted by Gasteiger charge is 2.27. The van der Waals surface area contributed by atoms with Gasteiger partial charge in [0.2, 0.25) is 0 Å². The number of amides is 1. The number of hydrogen-bond acceptors (Lipinski definition) is 3. The average molecular weight is 291 g/mol. The van der Waals surface area contributed by atoms with E-state index in [-0.39, 0.29) is 5.75 Å². The van der Waals surface area contributed by atoms with Crippen LogP contribution in [-0.2, 0) is 4.79 Å². The van der Waals surface area contributed by atoms with Crippen molar-refractivity contribution in [1.82, 2.24) is 5.32 Å². The summed E-state index contributed by atoms with van der Waals surface area (Å²) in [6, 6.07) is 6.53. The molecule has 0 saturated carbocycles. The number of hydrogen-bond donors (Lipinski definition) is 2. The molecule has 1 amide bonds. The molecule has 0 aliphatic heterocycles. The fourth-order valence-corrected chi connectivity index (χ4v) is 1.50. The van der Waals surface area contributed by atoms with Crippen molar-refractivity contribution in [1.29, 1.82) is 0 Å². The Hall–Kier alpha value is -1.76. The van der Waals surface area contributed by atoms with Gasteiger partial charge >= 0.3 is 6.18 Å². The quantitative estimate of drug-likeness (QED) is 0.844. The van der Waals surface area contributed by atoms with Crippen LogP contribution >= 0.6 is 0 Å². The molecular weight excluding hydrogens is 275 g/mol. The molecule has 7 heteroatoms. The summed E-state index contributed by atoms with van der Waals surface area (Å²) in [4.78, 5) is 11.2. The summed E-state index contributed by atoms with van der Waals surface area (Å²) in [5.41, 5.74) is 0.499. The molecule has 2 N–H and O–H groups in total. The van der Waals surface area contributed by atoms with Crippen LogP contribution < -0.4 is 10.1 Å². The van der Waals surface area contributed by atoms with E-state index in [2.05, 4.69) is 0 Å². The maximum Gasteiger partial charge on any atom is 0.405 e. The van der Waals surface area contributed by atoms with Crippen molar-refractivity contribution < 1.29 is 27.8 Å². The first kappa shape index (κ1) is 16.3. The van der Waals surface area contributed by atoms with Crippen molar-refractivity contribution in [3.63, 3.8) is 0 Å². The topological polar surface area (TPSA) is 58.6 Å². The summed E-state index contributed by atoms with van der Waals surface area (Å²) in [6.07, 6.45) is -4.74. The minimum atomic E-state index is -4.45. The van der Waals surface area contributed by atoms with Crippen LogP contribution in [0.5, 0.6) is 5.75 Å². The highest BCUT2D eigenvalue weighted by atomic mass is 19.4. The van der Waals surface area contributed by atoms with E-state index >= 15 is 0 Å². The van der Waals surface area contributed by atoms with Crippen LogP contribution in [0.25, 0.3) is 0 Å². The molecular formula is C13H16F3NO3. The van der Waals surface area contributed by atoms with Crippen LogP contribution in [0.4, 0.5) is 13.2 Å². The highest BCUT2D eigenvalue weighted by Crippen LogP contribution is 2.26. The number of para-hydroxylation sites is 1. The zero-order valence-corrected chi connectivity index (χ0v) is 10.9. The number of ether oxygens (including phenoxy) is 1. The van der Waals surface area contributed by atoms with Crippen molar-refractivity contribution in [2.75, 3.05) is 13.2 Å². The van der Waals surface area contributed by atoms with Gasteiger partial charge in [-0.25, -0.2) is 0 Å². The minimum absolute atomic E-state index is 0.281. The lowest BCUT2D eigenvalue weighted by Crippen LogP contribution is -2.36. The summed E-state index contributed by atoms with van der Waals surface area (Å²) < 4.78 is 40.9. The Morgan fingerprint density at radius 2 is 2.05 bits per heavy atom. The first-order valence-electron chi connectivity index (χ1n) is 6.06. The van der Waals surface area contributed by atoms with Crippen LogP contribution in [0.3, 0.4) is 0 Å². The number of carbonyl (C=O) groups excluding carboxylic acids is 1. The van der Waals surface area contributed by atoms with Crippen LogP contribution in [-0.4, -0.2) is 30.3 Å². The molecule has 20 heavy (non-hydrogen) atoms. The predicted octanol–water partition coefficient (Wildman–Crippen LogP) is 2.19. The molecule has 0 fully saturated rings. The molecule has 0 saturated heterocycles. The van der Waals surface area contributed by atoms with Gasteiger partial charge in [-0.3, -0.25) is 4.79 Å². The smallest absolute Gasteiger partial charge is 0.405 e. The predicted molar refractivity (Wildman–Crippen MR) is 66.3 cm³/mol. The number of benzene rings is 1. The molecule has 0 aliphatic rings. The molecule has 0 spiro atoms. The lowest BCUT2D eigenvalue weighted by Gasteiger charge is -2.15. The van der Waals surface area contributed by atoms with Crippen LogP contribution in [0.1, 0.15) is 25.0 Å². The van der Waals surface area contributed by atoms with E-state index < -0.39 is 31.3 Å². The van der Waals surface area contributed by atoms with E-state index in [1.54, 1.807) is 36.5 Å². The number of alkyl halides is 3. The van der Waals surface area contributed by atoms with Crippen molar-refractivity contribution >= 4 is 5.91 Å². The van der Waals surface area contributed by atoms with Gasteiger partial charge in [0.05, 0.1) is 6.10 Å². The summed E-state index contributed by atoms with van der Waals surface area (Å²) in [6.45, 7) is -0.157. The van der Waals surface area contributed by atoms with Crippen molar-refractivity contribution in [2.45, 2.75) is 25.6 Å². The van der Waals surface area contributed by atoms with Gasteiger partial charge in [-0.05, 0) is 12.5 Å². The van der Waals surface area contributed by atoms with E-state index in [1.807, 2.05) is 0 Å². The van der Waals surface area contributed by atoms with E-state index in [4.69, 9.17) is 4.74 Å². The fraction of sp³-hybridized carbons (Fsp3) is 0.462. The normalized spacial score (nSPS) is 12.8. The first-order valence-corrected chi connectivity index (χ1v) is 6.06. The standard InChI is InChI=1S/C13H16F3NO3/c1-2-10(18)9-5-3-4-6-11(9)20-7-12(19)17-8-13(14,15)16/h3-6,10,18H,2,7-8H2,1H3,(H,17,19)/t10-/m0/s1. The number of aliphatic hydroxyl groups is 1. The third-order valence-corrected chi connectivity index (χ3v) is 2.51. The molecule has 0 radical (unpaired) electrons. The Labute approximate surface area is 114 Å². The molecule has 112 valence electrons. The van der Waals surface area contributed by atoms with Gasteiger partial charge in [-0.1, -0.05) is 25.1 Å². The molecule has 0 aromatic heterocycles. The summed E-state index contributed by atoms with van der Waals surface area (Å²) in [5.74, 6) is -0.591. The second kappa shape index (κ2) is 7.14. The minimum Gasteiger partial charge on any atom is -0.483 e. The molecule has 0 unspecified atom stereocenters. The summed E-state index contributed by atoms with van der Waals surface area (Å²) in [5, 5.41) is 11.5. The molecule has 0 aliphatic carbocycles. The molecule has 4 nitrogen and oxygen atoms in total. The summed E-state index contributed by atoms with van der Waals surface area (Å²) in [7, 11) is 0. The van der Waals surface area contributed by atoms with Gasteiger partial charge < -0.3 is 15.2 Å². The molecule has 1 rings (SSSR count). The third kappa shape index (κ3) is 5.48. The van der Waals surface area contributed by atoms with Gasteiger partial charge in [0.1, 0.15) is 12.3 Å². The van der Waals surface area contributed by atoms with Gasteiger partial charge in [0, 0.05) is 5.56 Å². The van der Waals surface area contributed by atoms with Gasteiger partial charge in [0.15, 0.2) is 6.61 Å². The Bertz CT molecular complexity index is 449. The van der Waals surface area contributed by atoms with Crippen molar-refractivity contribution in [3.05, 3.63) is 29.8 Å². The largest absolute Gasteiger partial charge is 0.483 e. The second-order valence-electron chi connectivity index (χ2n) is 4.14. The Kier molecular flexibility index (Phi) is 5.82. The van der Waals surface area contributed by atoms with E-state index in [0.29, 0.717) is 12.0 Å². The van der Waals surface area contributed by atoms with E-state index in [1.165, 1.54) is 0 Å². The van der Waals surface area contributed by atoms with E-state index in [9.17, 15) is 23.1 Å².